The van der Waals surface area contributed by atoms with Crippen molar-refractivity contribution in [2.24, 2.45) is 0 Å². The lowest BCUT2D eigenvalue weighted by Gasteiger charge is -2.32. The zero-order valence-electron chi connectivity index (χ0n) is 22.3. The average Bonchev–Trinajstić information content (AvgIpc) is 3.00. The van der Waals surface area contributed by atoms with E-state index in [-0.39, 0.29) is 24.0 Å². The Morgan fingerprint density at radius 2 is 1.65 bits per heavy atom. The molecule has 2 aliphatic heterocycles. The number of thiol groups is 1. The van der Waals surface area contributed by atoms with Gasteiger partial charge in [0, 0.05) is 62.7 Å². The third kappa shape index (κ3) is 7.20. The molecule has 0 bridgehead atoms. The highest BCUT2D eigenvalue weighted by Gasteiger charge is 2.26. The quantitative estimate of drug-likeness (QED) is 0.422. The zero-order valence-corrected chi connectivity index (χ0v) is 23.2. The molecule has 8 nitrogen and oxygen atoms in total. The topological polar surface area (TPSA) is 98.6 Å². The van der Waals surface area contributed by atoms with Crippen LogP contribution in [0, 0.1) is 11.3 Å². The summed E-state index contributed by atoms with van der Waals surface area (Å²) in [6.07, 6.45) is 4.72. The monoisotopic (exact) mass is 555 g/mol. The predicted octanol–water partition coefficient (Wildman–Crippen LogP) is 4.32. The highest BCUT2D eigenvalue weighted by atomic mass is 32.1. The first-order chi connectivity index (χ1) is 19.5. The van der Waals surface area contributed by atoms with Crippen LogP contribution in [0.5, 0.6) is 5.75 Å². The Bertz CT molecular complexity index is 1340. The summed E-state index contributed by atoms with van der Waals surface area (Å²) < 4.78 is 6.02. The molecular weight excluding hydrogens is 522 g/mol. The molecule has 9 heteroatoms. The molecule has 1 N–H and O–H groups in total. The number of carbonyl (C=O) groups is 2. The van der Waals surface area contributed by atoms with Crippen LogP contribution in [0.25, 0.3) is 0 Å². The van der Waals surface area contributed by atoms with E-state index in [2.05, 4.69) is 46.0 Å². The van der Waals surface area contributed by atoms with Gasteiger partial charge in [0.15, 0.2) is 0 Å². The Hall–Kier alpha value is -3.87. The van der Waals surface area contributed by atoms with Crippen molar-refractivity contribution < 1.29 is 14.3 Å². The summed E-state index contributed by atoms with van der Waals surface area (Å²) in [5.74, 6) is 0.430. The summed E-state index contributed by atoms with van der Waals surface area (Å²) in [7, 11) is 0. The Labute approximate surface area is 240 Å². The van der Waals surface area contributed by atoms with Gasteiger partial charge in [0.05, 0.1) is 17.2 Å². The van der Waals surface area contributed by atoms with Crippen molar-refractivity contribution in [1.82, 2.24) is 20.1 Å². The summed E-state index contributed by atoms with van der Waals surface area (Å²) in [6, 6.07) is 20.8. The molecule has 0 unspecified atom stereocenters. The molecule has 2 amide bonds. The van der Waals surface area contributed by atoms with E-state index in [0.29, 0.717) is 42.8 Å². The van der Waals surface area contributed by atoms with Crippen molar-refractivity contribution in [3.8, 4) is 11.8 Å². The van der Waals surface area contributed by atoms with Gasteiger partial charge in [0.2, 0.25) is 0 Å². The van der Waals surface area contributed by atoms with Gasteiger partial charge in [-0.3, -0.25) is 19.5 Å². The highest BCUT2D eigenvalue weighted by Crippen LogP contribution is 2.21. The molecule has 2 fully saturated rings. The predicted molar refractivity (Wildman–Crippen MR) is 154 cm³/mol. The van der Waals surface area contributed by atoms with Gasteiger partial charge in [-0.15, -0.1) is 12.6 Å². The first-order valence-electron chi connectivity index (χ1n) is 13.7. The number of nitriles is 1. The molecule has 5 rings (SSSR count). The van der Waals surface area contributed by atoms with Gasteiger partial charge >= 0.3 is 0 Å². The van der Waals surface area contributed by atoms with Crippen LogP contribution in [0.1, 0.15) is 57.7 Å². The number of likely N-dealkylation sites (tertiary alicyclic amines) is 2. The second kappa shape index (κ2) is 13.0. The first-order valence-corrected chi connectivity index (χ1v) is 14.1. The lowest BCUT2D eigenvalue weighted by Crippen LogP contribution is -2.44. The van der Waals surface area contributed by atoms with E-state index in [0.717, 1.165) is 43.1 Å². The van der Waals surface area contributed by atoms with E-state index in [9.17, 15) is 9.59 Å². The van der Waals surface area contributed by atoms with E-state index in [1.54, 1.807) is 41.3 Å². The van der Waals surface area contributed by atoms with Gasteiger partial charge < -0.3 is 15.0 Å². The van der Waals surface area contributed by atoms with Crippen LogP contribution in [0.2, 0.25) is 0 Å². The summed E-state index contributed by atoms with van der Waals surface area (Å²) in [5, 5.41) is 12.1. The van der Waals surface area contributed by atoms with Gasteiger partial charge in [-0.2, -0.15) is 5.26 Å². The standard InChI is InChI=1S/C31H33N5O3S/c32-19-22-1-6-26(7-2-22)39-27-13-17-36(18-14-27)31(38)29-10-5-24(20-33-29)30(37)34-25-11-15-35(16-12-25)21-23-3-8-28(40)9-4-23/h1-10,20,25,27,40H,11-18,21H2,(H,34,37). The molecule has 2 aromatic carbocycles. The fourth-order valence-corrected chi connectivity index (χ4v) is 5.31. The van der Waals surface area contributed by atoms with Crippen molar-refractivity contribution >= 4 is 24.4 Å². The van der Waals surface area contributed by atoms with Gasteiger partial charge in [0.1, 0.15) is 17.5 Å². The molecule has 40 heavy (non-hydrogen) atoms. The second-order valence-corrected chi connectivity index (χ2v) is 10.9. The molecule has 0 spiro atoms. The number of ether oxygens (including phenoxy) is 1. The van der Waals surface area contributed by atoms with E-state index < -0.39 is 0 Å². The normalized spacial score (nSPS) is 16.8. The van der Waals surface area contributed by atoms with Crippen LogP contribution in [0.15, 0.2) is 71.8 Å². The number of rotatable bonds is 7. The number of hydrogen-bond donors (Lipinski definition) is 2. The molecule has 3 aromatic rings. The number of hydrogen-bond acceptors (Lipinski definition) is 7. The summed E-state index contributed by atoms with van der Waals surface area (Å²) in [4.78, 5) is 35.3. The number of amides is 2. The van der Waals surface area contributed by atoms with Crippen LogP contribution in [0.4, 0.5) is 0 Å². The number of nitrogens with zero attached hydrogens (tertiary/aromatic N) is 4. The lowest BCUT2D eigenvalue weighted by molar-refractivity contribution is 0.0589. The third-order valence-electron chi connectivity index (χ3n) is 7.53. The minimum Gasteiger partial charge on any atom is -0.490 e. The van der Waals surface area contributed by atoms with Crippen LogP contribution in [-0.2, 0) is 6.54 Å². The fraction of sp³-hybridized carbons (Fsp3) is 0.355. The zero-order chi connectivity index (χ0) is 27.9. The molecule has 2 aliphatic rings. The first kappa shape index (κ1) is 27.7. The molecule has 206 valence electrons. The average molecular weight is 556 g/mol. The summed E-state index contributed by atoms with van der Waals surface area (Å²) in [5.41, 5.74) is 2.65. The van der Waals surface area contributed by atoms with Gasteiger partial charge in [-0.1, -0.05) is 12.1 Å². The number of piperidine rings is 2. The fourth-order valence-electron chi connectivity index (χ4n) is 5.16. The molecule has 0 radical (unpaired) electrons. The molecular formula is C31H33N5O3S. The molecule has 0 atom stereocenters. The molecule has 2 saturated heterocycles. The van der Waals surface area contributed by atoms with Crippen molar-refractivity contribution in [2.75, 3.05) is 26.2 Å². The van der Waals surface area contributed by atoms with Crippen LogP contribution >= 0.6 is 12.6 Å². The van der Waals surface area contributed by atoms with E-state index in [1.165, 1.54) is 11.8 Å². The van der Waals surface area contributed by atoms with Crippen molar-refractivity contribution in [3.63, 3.8) is 0 Å². The summed E-state index contributed by atoms with van der Waals surface area (Å²) in [6.45, 7) is 3.89. The Morgan fingerprint density at radius 1 is 0.950 bits per heavy atom. The number of carbonyl (C=O) groups excluding carboxylic acids is 2. The maximum atomic E-state index is 13.0. The van der Waals surface area contributed by atoms with Gasteiger partial charge in [-0.05, 0) is 66.9 Å². The Balaban J connectivity index is 1.05. The van der Waals surface area contributed by atoms with Crippen molar-refractivity contribution in [3.05, 3.63) is 89.2 Å². The Morgan fingerprint density at radius 3 is 2.27 bits per heavy atom. The molecule has 0 saturated carbocycles. The number of nitrogens with one attached hydrogen (secondary N) is 1. The SMILES string of the molecule is N#Cc1ccc(OC2CCN(C(=O)c3ccc(C(=O)NC4CCN(Cc5ccc(S)cc5)CC4)cn3)CC2)cc1. The molecule has 0 aliphatic carbocycles. The maximum Gasteiger partial charge on any atom is 0.272 e. The lowest BCUT2D eigenvalue weighted by atomic mass is 10.0. The number of benzene rings is 2. The van der Waals surface area contributed by atoms with E-state index in [4.69, 9.17) is 10.00 Å². The molecule has 1 aromatic heterocycles. The van der Waals surface area contributed by atoms with Crippen LogP contribution in [0.3, 0.4) is 0 Å². The highest BCUT2D eigenvalue weighted by molar-refractivity contribution is 7.80. The van der Waals surface area contributed by atoms with E-state index in [1.807, 2.05) is 12.1 Å². The number of aromatic nitrogens is 1. The molecule has 3 heterocycles. The van der Waals surface area contributed by atoms with Crippen LogP contribution in [-0.4, -0.2) is 64.9 Å². The van der Waals surface area contributed by atoms with Crippen LogP contribution < -0.4 is 10.1 Å². The summed E-state index contributed by atoms with van der Waals surface area (Å²) >= 11 is 4.34. The van der Waals surface area contributed by atoms with E-state index >= 15 is 0 Å². The van der Waals surface area contributed by atoms with Crippen molar-refractivity contribution in [2.45, 2.75) is 49.3 Å². The third-order valence-corrected chi connectivity index (χ3v) is 7.82. The van der Waals surface area contributed by atoms with Gasteiger partial charge in [-0.25, -0.2) is 0 Å². The maximum absolute atomic E-state index is 13.0. The number of pyridine rings is 1. The van der Waals surface area contributed by atoms with Crippen molar-refractivity contribution in [1.29, 1.82) is 5.26 Å². The Kier molecular flexibility index (Phi) is 8.99. The van der Waals surface area contributed by atoms with Gasteiger partial charge in [0.25, 0.3) is 11.8 Å². The minimum absolute atomic E-state index is 0.0162. The second-order valence-electron chi connectivity index (χ2n) is 10.4. The smallest absolute Gasteiger partial charge is 0.272 e. The largest absolute Gasteiger partial charge is 0.490 e. The minimum atomic E-state index is -0.157.